The van der Waals surface area contributed by atoms with Crippen LogP contribution in [0.3, 0.4) is 0 Å². The van der Waals surface area contributed by atoms with Crippen LogP contribution in [0.1, 0.15) is 17.7 Å². The number of amides is 2. The van der Waals surface area contributed by atoms with E-state index in [9.17, 15) is 9.59 Å². The van der Waals surface area contributed by atoms with Gasteiger partial charge in [0.05, 0.1) is 17.8 Å². The molecule has 2 aromatic rings. The Bertz CT molecular complexity index is 689. The van der Waals surface area contributed by atoms with E-state index in [1.807, 2.05) is 43.3 Å². The summed E-state index contributed by atoms with van der Waals surface area (Å²) in [7, 11) is 0. The first-order valence-corrected chi connectivity index (χ1v) is 9.60. The number of carbonyl (C=O) groups excluding carboxylic acids is 2. The van der Waals surface area contributed by atoms with Gasteiger partial charge in [-0.05, 0) is 43.2 Å². The van der Waals surface area contributed by atoms with Gasteiger partial charge in [-0.25, -0.2) is 0 Å². The molecule has 0 aliphatic heterocycles. The number of rotatable bonds is 11. The highest BCUT2D eigenvalue weighted by Gasteiger charge is 2.06. The van der Waals surface area contributed by atoms with E-state index in [1.54, 1.807) is 6.26 Å². The van der Waals surface area contributed by atoms with Crippen LogP contribution in [0.4, 0.5) is 5.69 Å². The summed E-state index contributed by atoms with van der Waals surface area (Å²) >= 11 is 1.29. The van der Waals surface area contributed by atoms with Gasteiger partial charge in [-0.1, -0.05) is 12.1 Å². The van der Waals surface area contributed by atoms with Crippen molar-refractivity contribution in [1.29, 1.82) is 0 Å². The largest absolute Gasteiger partial charge is 0.467 e. The van der Waals surface area contributed by atoms with Crippen molar-refractivity contribution in [2.75, 3.05) is 30.0 Å². The molecule has 26 heavy (non-hydrogen) atoms. The predicted octanol–water partition coefficient (Wildman–Crippen LogP) is 2.98. The zero-order valence-corrected chi connectivity index (χ0v) is 15.6. The summed E-state index contributed by atoms with van der Waals surface area (Å²) in [6.07, 6.45) is 2.34. The molecular weight excluding hydrogens is 352 g/mol. The van der Waals surface area contributed by atoms with Crippen LogP contribution < -0.4 is 10.6 Å². The molecule has 0 radical (unpaired) electrons. The molecule has 1 heterocycles. The Morgan fingerprint density at radius 2 is 2.00 bits per heavy atom. The zero-order valence-electron chi connectivity index (χ0n) is 14.8. The average molecular weight is 376 g/mol. The smallest absolute Gasteiger partial charge is 0.234 e. The number of benzene rings is 1. The summed E-state index contributed by atoms with van der Waals surface area (Å²) in [5.74, 6) is 1.10. The molecule has 2 rings (SSSR count). The number of thioether (sulfide) groups is 1. The molecule has 1 aromatic heterocycles. The van der Waals surface area contributed by atoms with Crippen molar-refractivity contribution in [3.63, 3.8) is 0 Å². The van der Waals surface area contributed by atoms with E-state index in [1.165, 1.54) is 11.8 Å². The molecule has 0 bridgehead atoms. The number of ether oxygens (including phenoxy) is 1. The van der Waals surface area contributed by atoms with Crippen LogP contribution in [0.15, 0.2) is 47.1 Å². The molecule has 0 fully saturated rings. The zero-order chi connectivity index (χ0) is 18.6. The Hall–Kier alpha value is -2.25. The van der Waals surface area contributed by atoms with Crippen molar-refractivity contribution < 1.29 is 18.7 Å². The SMILES string of the molecule is Cc1cccc(NC(=O)CSCC(=O)NCCCOCc2ccco2)c1. The quantitative estimate of drug-likeness (QED) is 0.589. The van der Waals surface area contributed by atoms with Gasteiger partial charge in [0.2, 0.25) is 11.8 Å². The normalized spacial score (nSPS) is 10.5. The first-order valence-electron chi connectivity index (χ1n) is 8.44. The van der Waals surface area contributed by atoms with E-state index in [0.29, 0.717) is 19.8 Å². The Morgan fingerprint density at radius 3 is 2.77 bits per heavy atom. The predicted molar refractivity (Wildman–Crippen MR) is 103 cm³/mol. The molecule has 140 valence electrons. The third-order valence-electron chi connectivity index (χ3n) is 3.38. The van der Waals surface area contributed by atoms with Crippen molar-refractivity contribution in [2.24, 2.45) is 0 Å². The van der Waals surface area contributed by atoms with Crippen LogP contribution in [-0.2, 0) is 20.9 Å². The van der Waals surface area contributed by atoms with Gasteiger partial charge in [-0.2, -0.15) is 0 Å². The summed E-state index contributed by atoms with van der Waals surface area (Å²) in [5.41, 5.74) is 1.86. The van der Waals surface area contributed by atoms with Crippen LogP contribution in [-0.4, -0.2) is 36.5 Å². The minimum Gasteiger partial charge on any atom is -0.467 e. The molecule has 0 aliphatic rings. The first kappa shape index (κ1) is 20.1. The van der Waals surface area contributed by atoms with Crippen LogP contribution in [0.2, 0.25) is 0 Å². The number of aryl methyl sites for hydroxylation is 1. The number of nitrogens with one attached hydrogen (secondary N) is 2. The van der Waals surface area contributed by atoms with E-state index < -0.39 is 0 Å². The summed E-state index contributed by atoms with van der Waals surface area (Å²) in [6, 6.07) is 11.3. The molecule has 0 atom stereocenters. The molecule has 0 saturated heterocycles. The van der Waals surface area contributed by atoms with Gasteiger partial charge < -0.3 is 19.8 Å². The Kier molecular flexibility index (Phi) is 8.78. The molecule has 6 nitrogen and oxygen atoms in total. The first-order chi connectivity index (χ1) is 12.6. The number of carbonyl (C=O) groups is 2. The Morgan fingerprint density at radius 1 is 1.15 bits per heavy atom. The molecule has 0 saturated carbocycles. The number of anilines is 1. The highest BCUT2D eigenvalue weighted by Crippen LogP contribution is 2.10. The highest BCUT2D eigenvalue weighted by molar-refractivity contribution is 8.00. The fourth-order valence-electron chi connectivity index (χ4n) is 2.18. The van der Waals surface area contributed by atoms with Crippen molar-refractivity contribution in [1.82, 2.24) is 5.32 Å². The van der Waals surface area contributed by atoms with Gasteiger partial charge in [0.15, 0.2) is 0 Å². The van der Waals surface area contributed by atoms with Crippen molar-refractivity contribution in [2.45, 2.75) is 20.0 Å². The highest BCUT2D eigenvalue weighted by atomic mass is 32.2. The summed E-state index contributed by atoms with van der Waals surface area (Å²) in [4.78, 5) is 23.6. The molecule has 2 amide bonds. The minimum atomic E-state index is -0.111. The standard InChI is InChI=1S/C19H24N2O4S/c1-15-5-2-6-16(11-15)21-19(23)14-26-13-18(22)20-8-4-9-24-12-17-7-3-10-25-17/h2-3,5-7,10-11H,4,8-9,12-14H2,1H3,(H,20,22)(H,21,23). The van der Waals surface area contributed by atoms with Gasteiger partial charge in [0.1, 0.15) is 12.4 Å². The van der Waals surface area contributed by atoms with Gasteiger partial charge in [0, 0.05) is 18.8 Å². The molecule has 1 aromatic carbocycles. The molecule has 7 heteroatoms. The maximum absolute atomic E-state index is 11.8. The number of furan rings is 1. The lowest BCUT2D eigenvalue weighted by Crippen LogP contribution is -2.27. The van der Waals surface area contributed by atoms with E-state index in [4.69, 9.17) is 9.15 Å². The average Bonchev–Trinajstić information content (AvgIpc) is 3.11. The lowest BCUT2D eigenvalue weighted by atomic mass is 10.2. The second-order valence-corrected chi connectivity index (χ2v) is 6.73. The Balaban J connectivity index is 1.47. The third kappa shape index (κ3) is 8.22. The van der Waals surface area contributed by atoms with Gasteiger partial charge in [0.25, 0.3) is 0 Å². The number of hydrogen-bond donors (Lipinski definition) is 2. The summed E-state index contributed by atoms with van der Waals surface area (Å²) in [5, 5.41) is 5.63. The summed E-state index contributed by atoms with van der Waals surface area (Å²) in [6.45, 7) is 3.50. The van der Waals surface area contributed by atoms with Crippen molar-refractivity contribution >= 4 is 29.3 Å². The van der Waals surface area contributed by atoms with Crippen LogP contribution in [0.25, 0.3) is 0 Å². The topological polar surface area (TPSA) is 80.6 Å². The van der Waals surface area contributed by atoms with Crippen molar-refractivity contribution in [3.05, 3.63) is 54.0 Å². The molecule has 0 unspecified atom stereocenters. The minimum absolute atomic E-state index is 0.0793. The van der Waals surface area contributed by atoms with E-state index in [2.05, 4.69) is 10.6 Å². The van der Waals surface area contributed by atoms with Crippen LogP contribution in [0.5, 0.6) is 0 Å². The number of hydrogen-bond acceptors (Lipinski definition) is 5. The van der Waals surface area contributed by atoms with Crippen LogP contribution >= 0.6 is 11.8 Å². The van der Waals surface area contributed by atoms with E-state index in [0.717, 1.165) is 23.4 Å². The van der Waals surface area contributed by atoms with Crippen molar-refractivity contribution in [3.8, 4) is 0 Å². The van der Waals surface area contributed by atoms with E-state index in [-0.39, 0.29) is 23.3 Å². The van der Waals surface area contributed by atoms with Gasteiger partial charge in [-0.15, -0.1) is 11.8 Å². The second kappa shape index (κ2) is 11.4. The molecule has 0 spiro atoms. The second-order valence-electron chi connectivity index (χ2n) is 5.75. The monoisotopic (exact) mass is 376 g/mol. The third-order valence-corrected chi connectivity index (χ3v) is 4.31. The lowest BCUT2D eigenvalue weighted by molar-refractivity contribution is -0.118. The fourth-order valence-corrected chi connectivity index (χ4v) is 2.82. The van der Waals surface area contributed by atoms with E-state index >= 15 is 0 Å². The molecule has 2 N–H and O–H groups in total. The fraction of sp³-hybridized carbons (Fsp3) is 0.368. The molecular formula is C19H24N2O4S. The Labute approximate surface area is 157 Å². The van der Waals surface area contributed by atoms with Crippen LogP contribution in [0, 0.1) is 6.92 Å². The maximum atomic E-state index is 11.8. The molecule has 0 aliphatic carbocycles. The van der Waals surface area contributed by atoms with Gasteiger partial charge >= 0.3 is 0 Å². The lowest BCUT2D eigenvalue weighted by Gasteiger charge is -2.07. The maximum Gasteiger partial charge on any atom is 0.234 e. The summed E-state index contributed by atoms with van der Waals surface area (Å²) < 4.78 is 10.6. The van der Waals surface area contributed by atoms with Gasteiger partial charge in [-0.3, -0.25) is 9.59 Å².